The Hall–Kier alpha value is -1.23. The monoisotopic (exact) mass is 327 g/mol. The molecule has 1 N–H and O–H groups in total. The first-order valence-electron chi connectivity index (χ1n) is 6.51. The van der Waals surface area contributed by atoms with Crippen molar-refractivity contribution in [3.8, 4) is 11.5 Å². The van der Waals surface area contributed by atoms with Crippen molar-refractivity contribution in [2.75, 3.05) is 13.2 Å². The lowest BCUT2D eigenvalue weighted by molar-refractivity contribution is -0.130. The number of amides is 1. The van der Waals surface area contributed by atoms with E-state index in [2.05, 4.69) is 28.2 Å². The molecule has 5 heteroatoms. The summed E-state index contributed by atoms with van der Waals surface area (Å²) in [6.07, 6.45) is 1.39. The molecule has 1 aliphatic rings. The molecule has 0 aromatic heterocycles. The van der Waals surface area contributed by atoms with Crippen LogP contribution in [0.2, 0.25) is 0 Å². The summed E-state index contributed by atoms with van der Waals surface area (Å²) in [7, 11) is 0. The number of para-hydroxylation sites is 2. The highest BCUT2D eigenvalue weighted by Gasteiger charge is 2.26. The van der Waals surface area contributed by atoms with Crippen LogP contribution in [-0.4, -0.2) is 30.0 Å². The number of carbonyl (C=O) groups excluding carboxylic acids is 1. The maximum absolute atomic E-state index is 11.9. The van der Waals surface area contributed by atoms with Gasteiger partial charge in [0.2, 0.25) is 6.10 Å². The minimum atomic E-state index is -0.565. The summed E-state index contributed by atoms with van der Waals surface area (Å²) >= 11 is 3.54. The molecule has 0 saturated heterocycles. The topological polar surface area (TPSA) is 47.6 Å². The van der Waals surface area contributed by atoms with E-state index in [0.717, 1.165) is 12.8 Å². The maximum Gasteiger partial charge on any atom is 0.264 e. The summed E-state index contributed by atoms with van der Waals surface area (Å²) in [6, 6.07) is 7.38. The minimum Gasteiger partial charge on any atom is -0.485 e. The van der Waals surface area contributed by atoms with E-state index in [1.165, 1.54) is 0 Å². The van der Waals surface area contributed by atoms with Crippen LogP contribution >= 0.6 is 15.9 Å². The molecular formula is C14H18BrNO3. The van der Waals surface area contributed by atoms with Gasteiger partial charge in [-0.25, -0.2) is 0 Å². The van der Waals surface area contributed by atoms with Gasteiger partial charge in [-0.1, -0.05) is 35.0 Å². The standard InChI is InChI=1S/C14H18BrNO3/c1-2-10(15)7-8-16-14(17)13-9-18-11-5-3-4-6-12(11)19-13/h3-6,10,13H,2,7-9H2,1H3,(H,16,17). The molecule has 0 spiro atoms. The van der Waals surface area contributed by atoms with Gasteiger partial charge in [0.25, 0.3) is 5.91 Å². The zero-order valence-electron chi connectivity index (χ0n) is 10.9. The summed E-state index contributed by atoms with van der Waals surface area (Å²) < 4.78 is 11.1. The second-order valence-corrected chi connectivity index (χ2v) is 5.74. The Morgan fingerprint density at radius 1 is 1.47 bits per heavy atom. The number of halogens is 1. The first-order valence-corrected chi connectivity index (χ1v) is 7.42. The van der Waals surface area contributed by atoms with E-state index in [-0.39, 0.29) is 12.5 Å². The van der Waals surface area contributed by atoms with Crippen LogP contribution in [0.3, 0.4) is 0 Å². The van der Waals surface area contributed by atoms with Gasteiger partial charge in [-0.2, -0.15) is 0 Å². The number of rotatable bonds is 5. The molecule has 4 nitrogen and oxygen atoms in total. The van der Waals surface area contributed by atoms with Crippen molar-refractivity contribution in [2.45, 2.75) is 30.7 Å². The van der Waals surface area contributed by atoms with Gasteiger partial charge in [-0.15, -0.1) is 0 Å². The highest BCUT2D eigenvalue weighted by atomic mass is 79.9. The van der Waals surface area contributed by atoms with Crippen LogP contribution in [0.4, 0.5) is 0 Å². The highest BCUT2D eigenvalue weighted by Crippen LogP contribution is 2.30. The molecule has 0 bridgehead atoms. The molecule has 0 saturated carbocycles. The number of hydrogen-bond donors (Lipinski definition) is 1. The quantitative estimate of drug-likeness (QED) is 0.845. The normalized spacial score (nSPS) is 18.7. The predicted octanol–water partition coefficient (Wildman–Crippen LogP) is 2.51. The summed E-state index contributed by atoms with van der Waals surface area (Å²) in [5.41, 5.74) is 0. The van der Waals surface area contributed by atoms with Crippen LogP contribution in [0, 0.1) is 0 Å². The lowest BCUT2D eigenvalue weighted by atomic mass is 10.2. The van der Waals surface area contributed by atoms with E-state index in [4.69, 9.17) is 9.47 Å². The van der Waals surface area contributed by atoms with E-state index >= 15 is 0 Å². The maximum atomic E-state index is 11.9. The summed E-state index contributed by atoms with van der Waals surface area (Å²) in [5, 5.41) is 2.87. The Balaban J connectivity index is 1.82. The average Bonchev–Trinajstić information content (AvgIpc) is 2.46. The van der Waals surface area contributed by atoms with Crippen molar-refractivity contribution in [3.05, 3.63) is 24.3 Å². The fourth-order valence-electron chi connectivity index (χ4n) is 1.82. The Labute approximate surface area is 121 Å². The minimum absolute atomic E-state index is 0.120. The average molecular weight is 328 g/mol. The van der Waals surface area contributed by atoms with Gasteiger partial charge in [0.15, 0.2) is 11.5 Å². The van der Waals surface area contributed by atoms with Gasteiger partial charge >= 0.3 is 0 Å². The van der Waals surface area contributed by atoms with Crippen LogP contribution in [0.5, 0.6) is 11.5 Å². The molecule has 1 aromatic rings. The first-order chi connectivity index (χ1) is 9.20. The Kier molecular flexibility index (Phi) is 5.07. The second kappa shape index (κ2) is 6.80. The zero-order valence-corrected chi connectivity index (χ0v) is 12.5. The third-order valence-corrected chi connectivity index (χ3v) is 4.11. The van der Waals surface area contributed by atoms with Gasteiger partial charge < -0.3 is 14.8 Å². The van der Waals surface area contributed by atoms with E-state index in [0.29, 0.717) is 22.9 Å². The van der Waals surface area contributed by atoms with Crippen LogP contribution in [0.1, 0.15) is 19.8 Å². The molecule has 2 atom stereocenters. The molecule has 0 fully saturated rings. The molecule has 0 radical (unpaired) electrons. The summed E-state index contributed by atoms with van der Waals surface area (Å²) in [5.74, 6) is 1.20. The number of carbonyl (C=O) groups is 1. The van der Waals surface area contributed by atoms with Gasteiger partial charge in [0, 0.05) is 11.4 Å². The molecular weight excluding hydrogens is 310 g/mol. The lowest BCUT2D eigenvalue weighted by Gasteiger charge is -2.25. The summed E-state index contributed by atoms with van der Waals surface area (Å²) in [6.45, 7) is 3.01. The molecule has 1 aliphatic heterocycles. The van der Waals surface area contributed by atoms with Crippen LogP contribution in [0.25, 0.3) is 0 Å². The van der Waals surface area contributed by atoms with Crippen LogP contribution in [0.15, 0.2) is 24.3 Å². The fourth-order valence-corrected chi connectivity index (χ4v) is 2.05. The molecule has 1 aromatic carbocycles. The number of fused-ring (bicyclic) bond motifs is 1. The van der Waals surface area contributed by atoms with Gasteiger partial charge in [0.05, 0.1) is 0 Å². The van der Waals surface area contributed by atoms with E-state index < -0.39 is 6.10 Å². The Morgan fingerprint density at radius 3 is 2.95 bits per heavy atom. The van der Waals surface area contributed by atoms with Crippen molar-refractivity contribution in [1.29, 1.82) is 0 Å². The van der Waals surface area contributed by atoms with Crippen molar-refractivity contribution in [2.24, 2.45) is 0 Å². The number of hydrogen-bond acceptors (Lipinski definition) is 3. The number of ether oxygens (including phenoxy) is 2. The van der Waals surface area contributed by atoms with E-state index in [9.17, 15) is 4.79 Å². The third-order valence-electron chi connectivity index (χ3n) is 3.00. The molecule has 2 rings (SSSR count). The first kappa shape index (κ1) is 14.2. The third kappa shape index (κ3) is 3.86. The molecule has 2 unspecified atom stereocenters. The molecule has 1 amide bonds. The highest BCUT2D eigenvalue weighted by molar-refractivity contribution is 9.09. The van der Waals surface area contributed by atoms with Gasteiger partial charge in [-0.05, 0) is 25.0 Å². The number of nitrogens with one attached hydrogen (secondary N) is 1. The van der Waals surface area contributed by atoms with Gasteiger partial charge in [-0.3, -0.25) is 4.79 Å². The largest absolute Gasteiger partial charge is 0.485 e. The van der Waals surface area contributed by atoms with Crippen molar-refractivity contribution in [3.63, 3.8) is 0 Å². The van der Waals surface area contributed by atoms with Crippen LogP contribution < -0.4 is 14.8 Å². The van der Waals surface area contributed by atoms with Crippen LogP contribution in [-0.2, 0) is 4.79 Å². The molecule has 104 valence electrons. The lowest BCUT2D eigenvalue weighted by Crippen LogP contribution is -2.44. The number of alkyl halides is 1. The summed E-state index contributed by atoms with van der Waals surface area (Å²) in [4.78, 5) is 12.4. The Bertz CT molecular complexity index is 438. The zero-order chi connectivity index (χ0) is 13.7. The fraction of sp³-hybridized carbons (Fsp3) is 0.500. The molecule has 1 heterocycles. The SMILES string of the molecule is CCC(Br)CCNC(=O)C1COc2ccccc2O1. The van der Waals surface area contributed by atoms with E-state index in [1.54, 1.807) is 6.07 Å². The van der Waals surface area contributed by atoms with E-state index in [1.807, 2.05) is 18.2 Å². The predicted molar refractivity (Wildman–Crippen MR) is 77.0 cm³/mol. The number of benzene rings is 1. The van der Waals surface area contributed by atoms with Gasteiger partial charge in [0.1, 0.15) is 6.61 Å². The smallest absolute Gasteiger partial charge is 0.264 e. The molecule has 19 heavy (non-hydrogen) atoms. The van der Waals surface area contributed by atoms with Crippen molar-refractivity contribution < 1.29 is 14.3 Å². The van der Waals surface area contributed by atoms with Crippen molar-refractivity contribution >= 4 is 21.8 Å². The second-order valence-electron chi connectivity index (χ2n) is 4.45. The molecule has 0 aliphatic carbocycles. The Morgan fingerprint density at radius 2 is 2.21 bits per heavy atom. The van der Waals surface area contributed by atoms with Crippen molar-refractivity contribution in [1.82, 2.24) is 5.32 Å².